The summed E-state index contributed by atoms with van der Waals surface area (Å²) in [6.45, 7) is 6.38. The maximum Gasteiger partial charge on any atom is 0.270 e. The molecule has 11 nitrogen and oxygen atoms in total. The van der Waals surface area contributed by atoms with Gasteiger partial charge < -0.3 is 30.5 Å². The van der Waals surface area contributed by atoms with E-state index < -0.39 is 12.8 Å². The van der Waals surface area contributed by atoms with E-state index in [1.54, 1.807) is 36.6 Å². The zero-order valence-electron chi connectivity index (χ0n) is 26.9. The first-order valence-electron chi connectivity index (χ1n) is 15.9. The minimum absolute atomic E-state index is 0.100. The average Bonchev–Trinajstić information content (AvgIpc) is 3.51. The van der Waals surface area contributed by atoms with E-state index in [-0.39, 0.29) is 59.6 Å². The maximum atomic E-state index is 13.5. The first-order valence-corrected chi connectivity index (χ1v) is 16.8. The highest BCUT2D eigenvalue weighted by Gasteiger charge is 2.33. The van der Waals surface area contributed by atoms with Crippen LogP contribution < -0.4 is 10.6 Å². The van der Waals surface area contributed by atoms with Crippen molar-refractivity contribution in [2.75, 3.05) is 26.9 Å². The number of amides is 3. The number of aryl methyl sites for hydroxylation is 1. The molecule has 0 aliphatic carbocycles. The number of aliphatic hydroxyl groups excluding tert-OH is 1. The van der Waals surface area contributed by atoms with Gasteiger partial charge in [0.2, 0.25) is 11.8 Å². The third-order valence-corrected chi connectivity index (χ3v) is 9.49. The normalized spacial score (nSPS) is 17.9. The second kappa shape index (κ2) is 18.0. The SMILES string of the molecule is CCC(C)[C@H](NC(=O)[C@H]1CCCCN1C)C(=O)N(CO)CCCc1nc(C(=O)N[C@@H](Cc2ccc(O)cc2)C[C@H](C)C=O)cs1. The quantitative estimate of drug-likeness (QED) is 0.152. The number of rotatable bonds is 17. The van der Waals surface area contributed by atoms with Gasteiger partial charge in [-0.2, -0.15) is 0 Å². The molecule has 4 N–H and O–H groups in total. The van der Waals surface area contributed by atoms with Gasteiger partial charge in [-0.05, 0) is 69.3 Å². The number of aromatic nitrogens is 1. The fourth-order valence-corrected chi connectivity index (χ4v) is 6.43. The lowest BCUT2D eigenvalue weighted by atomic mass is 9.96. The van der Waals surface area contributed by atoms with E-state index in [4.69, 9.17) is 0 Å². The Hall–Kier alpha value is -3.35. The molecular formula is C33H49N5O6S. The standard InChI is InChI=1S/C33H49N5O6S/c1-5-23(3)30(36-32(43)28-9-6-7-15-37(28)4)33(44)38(21-40)16-8-10-29-35-27(20-45-29)31(42)34-25(17-22(2)19-39)18-24-11-13-26(41)14-12-24/h11-14,19-20,22-23,25,28,30,40-41H,5-10,15-18,21H2,1-4H3,(H,34,42)(H,36,43)/t22-,23?,25+,28+,30-/m0/s1. The van der Waals surface area contributed by atoms with Crippen LogP contribution in [0.3, 0.4) is 0 Å². The Bertz CT molecular complexity index is 1250. The lowest BCUT2D eigenvalue weighted by molar-refractivity contribution is -0.142. The van der Waals surface area contributed by atoms with Gasteiger partial charge >= 0.3 is 0 Å². The van der Waals surface area contributed by atoms with Gasteiger partial charge in [-0.3, -0.25) is 19.3 Å². The Morgan fingerprint density at radius 3 is 2.56 bits per heavy atom. The number of aliphatic hydroxyl groups is 1. The topological polar surface area (TPSA) is 152 Å². The van der Waals surface area contributed by atoms with E-state index in [0.29, 0.717) is 32.1 Å². The lowest BCUT2D eigenvalue weighted by Crippen LogP contribution is -2.57. The lowest BCUT2D eigenvalue weighted by Gasteiger charge is -2.34. The number of carbonyl (C=O) groups excluding carboxylic acids is 4. The molecule has 1 saturated heterocycles. The molecule has 0 radical (unpaired) electrons. The molecule has 1 aliphatic heterocycles. The molecule has 0 saturated carbocycles. The summed E-state index contributed by atoms with van der Waals surface area (Å²) in [6.07, 6.45) is 6.36. The predicted molar refractivity (Wildman–Crippen MR) is 174 cm³/mol. The average molecular weight is 644 g/mol. The Labute approximate surface area is 270 Å². The van der Waals surface area contributed by atoms with E-state index in [1.165, 1.54) is 16.2 Å². The second-order valence-corrected chi connectivity index (χ2v) is 13.2. The number of aldehydes is 1. The highest BCUT2D eigenvalue weighted by atomic mass is 32.1. The summed E-state index contributed by atoms with van der Waals surface area (Å²) >= 11 is 1.35. The van der Waals surface area contributed by atoms with Crippen LogP contribution in [0.2, 0.25) is 0 Å². The number of hydrogen-bond acceptors (Lipinski definition) is 9. The van der Waals surface area contributed by atoms with Gasteiger partial charge in [0.15, 0.2) is 0 Å². The van der Waals surface area contributed by atoms with E-state index >= 15 is 0 Å². The Morgan fingerprint density at radius 1 is 1.18 bits per heavy atom. The molecular weight excluding hydrogens is 594 g/mol. The van der Waals surface area contributed by atoms with Crippen LogP contribution in [0.25, 0.3) is 0 Å². The molecule has 1 aromatic heterocycles. The highest BCUT2D eigenvalue weighted by Crippen LogP contribution is 2.19. The molecule has 1 unspecified atom stereocenters. The van der Waals surface area contributed by atoms with Crippen LogP contribution >= 0.6 is 11.3 Å². The molecule has 0 spiro atoms. The number of carbonyl (C=O) groups is 4. The summed E-state index contributed by atoms with van der Waals surface area (Å²) in [6, 6.07) is 5.48. The van der Waals surface area contributed by atoms with Crippen LogP contribution in [0, 0.1) is 11.8 Å². The number of phenols is 1. The van der Waals surface area contributed by atoms with Gasteiger partial charge in [-0.1, -0.05) is 45.7 Å². The van der Waals surface area contributed by atoms with Crippen molar-refractivity contribution in [3.63, 3.8) is 0 Å². The monoisotopic (exact) mass is 643 g/mol. The minimum Gasteiger partial charge on any atom is -0.508 e. The molecule has 2 aromatic rings. The number of aromatic hydroxyl groups is 1. The summed E-state index contributed by atoms with van der Waals surface area (Å²) in [5, 5.41) is 28.1. The van der Waals surface area contributed by atoms with Gasteiger partial charge in [0, 0.05) is 30.3 Å². The number of thiazole rings is 1. The second-order valence-electron chi connectivity index (χ2n) is 12.2. The fourth-order valence-electron chi connectivity index (χ4n) is 5.61. The van der Waals surface area contributed by atoms with Gasteiger partial charge in [0.25, 0.3) is 5.91 Å². The van der Waals surface area contributed by atoms with Gasteiger partial charge in [0.1, 0.15) is 30.5 Å². The van der Waals surface area contributed by atoms with Crippen LogP contribution in [-0.4, -0.2) is 94.0 Å². The third-order valence-electron chi connectivity index (χ3n) is 8.58. The van der Waals surface area contributed by atoms with Crippen molar-refractivity contribution in [1.82, 2.24) is 25.4 Å². The maximum absolute atomic E-state index is 13.5. The third kappa shape index (κ3) is 10.9. The van der Waals surface area contributed by atoms with Crippen LogP contribution in [0.1, 0.15) is 80.4 Å². The summed E-state index contributed by atoms with van der Waals surface area (Å²) in [7, 11) is 1.93. The Morgan fingerprint density at radius 2 is 1.91 bits per heavy atom. The molecule has 2 heterocycles. The summed E-state index contributed by atoms with van der Waals surface area (Å²) in [5.74, 6) is -0.960. The van der Waals surface area contributed by atoms with Crippen molar-refractivity contribution in [2.24, 2.45) is 11.8 Å². The zero-order valence-corrected chi connectivity index (χ0v) is 27.7. The van der Waals surface area contributed by atoms with Crippen LogP contribution in [0.15, 0.2) is 29.6 Å². The van der Waals surface area contributed by atoms with E-state index in [1.807, 2.05) is 25.8 Å². The van der Waals surface area contributed by atoms with Gasteiger partial charge in [-0.25, -0.2) is 4.98 Å². The van der Waals surface area contributed by atoms with Crippen LogP contribution in [0.4, 0.5) is 0 Å². The van der Waals surface area contributed by atoms with Gasteiger partial charge in [0.05, 0.1) is 11.0 Å². The minimum atomic E-state index is -0.725. The highest BCUT2D eigenvalue weighted by molar-refractivity contribution is 7.09. The van der Waals surface area contributed by atoms with Crippen molar-refractivity contribution in [3.8, 4) is 5.75 Å². The van der Waals surface area contributed by atoms with Crippen molar-refractivity contribution >= 4 is 35.3 Å². The molecule has 3 amide bonds. The molecule has 0 bridgehead atoms. The van der Waals surface area contributed by atoms with Crippen LogP contribution in [0.5, 0.6) is 5.75 Å². The molecule has 12 heteroatoms. The molecule has 1 aromatic carbocycles. The Kier molecular flexibility index (Phi) is 14.4. The van der Waals surface area contributed by atoms with E-state index in [0.717, 1.165) is 42.7 Å². The number of hydrogen-bond donors (Lipinski definition) is 4. The predicted octanol–water partition coefficient (Wildman–Crippen LogP) is 3.14. The zero-order chi connectivity index (χ0) is 32.9. The number of nitrogens with zero attached hydrogens (tertiary/aromatic N) is 3. The molecule has 248 valence electrons. The molecule has 1 aliphatic rings. The van der Waals surface area contributed by atoms with Crippen molar-refractivity contribution in [1.29, 1.82) is 0 Å². The van der Waals surface area contributed by atoms with Crippen molar-refractivity contribution < 1.29 is 29.4 Å². The van der Waals surface area contributed by atoms with Crippen LogP contribution in [-0.2, 0) is 27.2 Å². The van der Waals surface area contributed by atoms with E-state index in [2.05, 4.69) is 15.6 Å². The summed E-state index contributed by atoms with van der Waals surface area (Å²) in [4.78, 5) is 58.9. The number of nitrogens with one attached hydrogen (secondary N) is 2. The number of likely N-dealkylation sites (tertiary alicyclic amines) is 1. The molecule has 3 rings (SSSR count). The first-order chi connectivity index (χ1) is 21.6. The molecule has 5 atom stereocenters. The molecule has 1 fully saturated rings. The number of likely N-dealkylation sites (N-methyl/N-ethyl adjacent to an activating group) is 1. The van der Waals surface area contributed by atoms with Gasteiger partial charge in [-0.15, -0.1) is 11.3 Å². The summed E-state index contributed by atoms with van der Waals surface area (Å²) in [5.41, 5.74) is 1.21. The number of benzene rings is 1. The molecule has 45 heavy (non-hydrogen) atoms. The number of piperidine rings is 1. The smallest absolute Gasteiger partial charge is 0.270 e. The Balaban J connectivity index is 1.57. The van der Waals surface area contributed by atoms with E-state index in [9.17, 15) is 29.4 Å². The largest absolute Gasteiger partial charge is 0.508 e. The first kappa shape index (κ1) is 36.1. The summed E-state index contributed by atoms with van der Waals surface area (Å²) < 4.78 is 0. The van der Waals surface area contributed by atoms with Crippen molar-refractivity contribution in [2.45, 2.75) is 90.3 Å². The fraction of sp³-hybridized carbons (Fsp3) is 0.606. The number of phenolic OH excluding ortho intramolecular Hbond substituents is 1. The van der Waals surface area contributed by atoms with Crippen molar-refractivity contribution in [3.05, 3.63) is 45.9 Å².